The Bertz CT molecular complexity index is 572. The number of pyridine rings is 1. The van der Waals surface area contributed by atoms with Crippen LogP contribution in [0.3, 0.4) is 0 Å². The topological polar surface area (TPSA) is 74.7 Å². The normalized spacial score (nSPS) is 10.2. The van der Waals surface area contributed by atoms with Crippen LogP contribution in [0.2, 0.25) is 0 Å². The number of anilines is 1. The molecule has 1 heterocycles. The van der Waals surface area contributed by atoms with Crippen molar-refractivity contribution < 1.29 is 0 Å². The van der Waals surface area contributed by atoms with Gasteiger partial charge in [0.2, 0.25) is 0 Å². The van der Waals surface area contributed by atoms with E-state index in [1.807, 2.05) is 24.3 Å². The van der Waals surface area contributed by atoms with Crippen LogP contribution in [0.25, 0.3) is 10.9 Å². The predicted octanol–water partition coefficient (Wildman–Crippen LogP) is 2.26. The van der Waals surface area contributed by atoms with Crippen LogP contribution in [-0.2, 0) is 0 Å². The van der Waals surface area contributed by atoms with Crippen molar-refractivity contribution in [3.8, 4) is 6.07 Å². The van der Waals surface area contributed by atoms with E-state index in [4.69, 9.17) is 11.0 Å². The molecule has 0 bridgehead atoms. The first kappa shape index (κ1) is 12.3. The van der Waals surface area contributed by atoms with Gasteiger partial charge in [-0.1, -0.05) is 18.2 Å². The molecule has 18 heavy (non-hydrogen) atoms. The van der Waals surface area contributed by atoms with E-state index in [1.54, 1.807) is 6.07 Å². The maximum absolute atomic E-state index is 9.15. The number of fused-ring (bicyclic) bond motifs is 1. The number of nitrogens with one attached hydrogen (secondary N) is 1. The summed E-state index contributed by atoms with van der Waals surface area (Å²) in [6.45, 7) is 1.53. The lowest BCUT2D eigenvalue weighted by molar-refractivity contribution is 0.772. The molecule has 0 aliphatic rings. The summed E-state index contributed by atoms with van der Waals surface area (Å²) in [5.74, 6) is 0.752. The number of benzene rings is 1. The minimum Gasteiger partial charge on any atom is -0.370 e. The standard InChI is InChI=1S/C14H16N4/c15-7-3-4-8-17-14-9-11(10-16)12-5-1-2-6-13(12)18-14/h1-2,5-6,9H,3-4,7-8,15H2,(H,17,18). The molecule has 0 fully saturated rings. The molecule has 0 unspecified atom stereocenters. The molecule has 1 aromatic carbocycles. The Morgan fingerprint density at radius 1 is 1.28 bits per heavy atom. The van der Waals surface area contributed by atoms with Gasteiger partial charge in [-0.05, 0) is 31.5 Å². The second kappa shape index (κ2) is 5.99. The van der Waals surface area contributed by atoms with Gasteiger partial charge >= 0.3 is 0 Å². The molecular weight excluding hydrogens is 224 g/mol. The maximum Gasteiger partial charge on any atom is 0.127 e. The number of nitrogens with two attached hydrogens (primary N) is 1. The number of unbranched alkanes of at least 4 members (excludes halogenated alkanes) is 1. The van der Waals surface area contributed by atoms with Crippen molar-refractivity contribution in [2.24, 2.45) is 5.73 Å². The highest BCUT2D eigenvalue weighted by molar-refractivity contribution is 5.86. The summed E-state index contributed by atoms with van der Waals surface area (Å²) >= 11 is 0. The van der Waals surface area contributed by atoms with Crippen LogP contribution >= 0.6 is 0 Å². The quantitative estimate of drug-likeness (QED) is 0.786. The Labute approximate surface area is 106 Å². The molecule has 0 atom stereocenters. The first-order valence-corrected chi connectivity index (χ1v) is 6.09. The molecule has 0 radical (unpaired) electrons. The van der Waals surface area contributed by atoms with E-state index in [9.17, 15) is 0 Å². The Balaban J connectivity index is 2.22. The van der Waals surface area contributed by atoms with Gasteiger partial charge in [0.1, 0.15) is 5.82 Å². The van der Waals surface area contributed by atoms with Gasteiger partial charge in [0.25, 0.3) is 0 Å². The maximum atomic E-state index is 9.15. The second-order valence-electron chi connectivity index (χ2n) is 4.11. The number of nitriles is 1. The van der Waals surface area contributed by atoms with Crippen molar-refractivity contribution in [1.82, 2.24) is 4.98 Å². The molecule has 0 saturated heterocycles. The van der Waals surface area contributed by atoms with E-state index in [0.29, 0.717) is 12.1 Å². The molecule has 1 aromatic heterocycles. The largest absolute Gasteiger partial charge is 0.370 e. The Morgan fingerprint density at radius 2 is 2.11 bits per heavy atom. The zero-order valence-electron chi connectivity index (χ0n) is 10.2. The fraction of sp³-hybridized carbons (Fsp3) is 0.286. The van der Waals surface area contributed by atoms with Crippen molar-refractivity contribution in [3.63, 3.8) is 0 Å². The number of aromatic nitrogens is 1. The monoisotopic (exact) mass is 240 g/mol. The highest BCUT2D eigenvalue weighted by atomic mass is 15.0. The molecule has 2 aromatic rings. The average Bonchev–Trinajstić information content (AvgIpc) is 2.42. The van der Waals surface area contributed by atoms with E-state index in [1.165, 1.54) is 0 Å². The summed E-state index contributed by atoms with van der Waals surface area (Å²) in [7, 11) is 0. The van der Waals surface area contributed by atoms with Gasteiger partial charge in [-0.2, -0.15) is 5.26 Å². The molecule has 0 amide bonds. The molecule has 3 N–H and O–H groups in total. The average molecular weight is 240 g/mol. The fourth-order valence-corrected chi connectivity index (χ4v) is 1.84. The van der Waals surface area contributed by atoms with E-state index >= 15 is 0 Å². The minimum atomic E-state index is 0.655. The molecule has 2 rings (SSSR count). The summed E-state index contributed by atoms with van der Waals surface area (Å²) in [6.07, 6.45) is 2.00. The third-order valence-electron chi connectivity index (χ3n) is 2.77. The van der Waals surface area contributed by atoms with Gasteiger partial charge in [-0.25, -0.2) is 4.98 Å². The minimum absolute atomic E-state index is 0.655. The summed E-state index contributed by atoms with van der Waals surface area (Å²) in [5, 5.41) is 13.3. The van der Waals surface area contributed by atoms with Crippen LogP contribution in [0.15, 0.2) is 30.3 Å². The molecule has 0 aliphatic carbocycles. The van der Waals surface area contributed by atoms with Gasteiger partial charge in [-0.15, -0.1) is 0 Å². The predicted molar refractivity (Wildman–Crippen MR) is 73.2 cm³/mol. The Hall–Kier alpha value is -2.12. The van der Waals surface area contributed by atoms with Crippen LogP contribution < -0.4 is 11.1 Å². The first-order chi connectivity index (χ1) is 8.85. The van der Waals surface area contributed by atoms with Crippen LogP contribution in [0.1, 0.15) is 18.4 Å². The van der Waals surface area contributed by atoms with Crippen molar-refractivity contribution in [1.29, 1.82) is 5.26 Å². The third-order valence-corrected chi connectivity index (χ3v) is 2.77. The van der Waals surface area contributed by atoms with Gasteiger partial charge in [0.15, 0.2) is 0 Å². The molecule has 0 aliphatic heterocycles. The van der Waals surface area contributed by atoms with Crippen molar-refractivity contribution >= 4 is 16.7 Å². The Morgan fingerprint density at radius 3 is 2.89 bits per heavy atom. The van der Waals surface area contributed by atoms with E-state index < -0.39 is 0 Å². The highest BCUT2D eigenvalue weighted by Gasteiger charge is 2.04. The molecule has 4 heteroatoms. The van der Waals surface area contributed by atoms with Crippen LogP contribution in [0.5, 0.6) is 0 Å². The summed E-state index contributed by atoms with van der Waals surface area (Å²) in [4.78, 5) is 4.49. The van der Waals surface area contributed by atoms with E-state index in [2.05, 4.69) is 16.4 Å². The number of rotatable bonds is 5. The molecule has 92 valence electrons. The van der Waals surface area contributed by atoms with E-state index in [0.717, 1.165) is 36.1 Å². The molecular formula is C14H16N4. The number of nitrogens with zero attached hydrogens (tertiary/aromatic N) is 2. The number of para-hydroxylation sites is 1. The lowest BCUT2D eigenvalue weighted by Gasteiger charge is -2.07. The zero-order valence-corrected chi connectivity index (χ0v) is 10.2. The first-order valence-electron chi connectivity index (χ1n) is 6.09. The Kier molecular flexibility index (Phi) is 4.11. The van der Waals surface area contributed by atoms with Crippen molar-refractivity contribution in [2.45, 2.75) is 12.8 Å². The summed E-state index contributed by atoms with van der Waals surface area (Å²) in [5.41, 5.74) is 6.94. The van der Waals surface area contributed by atoms with Crippen molar-refractivity contribution in [3.05, 3.63) is 35.9 Å². The summed E-state index contributed by atoms with van der Waals surface area (Å²) in [6, 6.07) is 11.7. The molecule has 4 nitrogen and oxygen atoms in total. The smallest absolute Gasteiger partial charge is 0.127 e. The number of hydrogen-bond donors (Lipinski definition) is 2. The lowest BCUT2D eigenvalue weighted by atomic mass is 10.1. The number of hydrogen-bond acceptors (Lipinski definition) is 4. The van der Waals surface area contributed by atoms with Gasteiger partial charge < -0.3 is 11.1 Å². The zero-order chi connectivity index (χ0) is 12.8. The lowest BCUT2D eigenvalue weighted by Crippen LogP contribution is -2.07. The van der Waals surface area contributed by atoms with E-state index in [-0.39, 0.29) is 0 Å². The highest BCUT2D eigenvalue weighted by Crippen LogP contribution is 2.19. The van der Waals surface area contributed by atoms with Gasteiger partial charge in [0, 0.05) is 11.9 Å². The van der Waals surface area contributed by atoms with Crippen LogP contribution in [0, 0.1) is 11.3 Å². The van der Waals surface area contributed by atoms with Gasteiger partial charge in [-0.3, -0.25) is 0 Å². The molecule has 0 spiro atoms. The van der Waals surface area contributed by atoms with Crippen molar-refractivity contribution in [2.75, 3.05) is 18.4 Å². The van der Waals surface area contributed by atoms with Crippen LogP contribution in [-0.4, -0.2) is 18.1 Å². The third kappa shape index (κ3) is 2.76. The second-order valence-corrected chi connectivity index (χ2v) is 4.11. The SMILES string of the molecule is N#Cc1cc(NCCCCN)nc2ccccc12. The summed E-state index contributed by atoms with van der Waals surface area (Å²) < 4.78 is 0. The fourth-order valence-electron chi connectivity index (χ4n) is 1.84. The van der Waals surface area contributed by atoms with Gasteiger partial charge in [0.05, 0.1) is 17.1 Å². The molecule has 0 saturated carbocycles. The van der Waals surface area contributed by atoms with Crippen LogP contribution in [0.4, 0.5) is 5.82 Å².